The van der Waals surface area contributed by atoms with Gasteiger partial charge in [0, 0.05) is 18.4 Å². The van der Waals surface area contributed by atoms with Gasteiger partial charge in [-0.3, -0.25) is 0 Å². The molecule has 1 atom stereocenters. The first-order chi connectivity index (χ1) is 10.8. The van der Waals surface area contributed by atoms with Crippen molar-refractivity contribution in [2.24, 2.45) is 5.92 Å². The summed E-state index contributed by atoms with van der Waals surface area (Å²) in [6.45, 7) is 9.37. The minimum atomic E-state index is -0.435. The molecule has 2 fully saturated rings. The highest BCUT2D eigenvalue weighted by Gasteiger charge is 2.40. The van der Waals surface area contributed by atoms with E-state index in [-0.39, 0.29) is 11.7 Å². The van der Waals surface area contributed by atoms with Gasteiger partial charge in [0.2, 0.25) is 0 Å². The summed E-state index contributed by atoms with van der Waals surface area (Å²) >= 11 is 3.66. The summed E-state index contributed by atoms with van der Waals surface area (Å²) in [6, 6.07) is 0. The van der Waals surface area contributed by atoms with Crippen molar-refractivity contribution in [1.29, 1.82) is 0 Å². The molecule has 2 rings (SSSR count). The van der Waals surface area contributed by atoms with Crippen molar-refractivity contribution in [1.82, 2.24) is 4.90 Å². The fourth-order valence-corrected chi connectivity index (χ4v) is 4.04. The van der Waals surface area contributed by atoms with Gasteiger partial charge in [-0.25, -0.2) is 4.79 Å². The highest BCUT2D eigenvalue weighted by molar-refractivity contribution is 9.09. The summed E-state index contributed by atoms with van der Waals surface area (Å²) in [5, 5.41) is 0.839. The number of carbonyl (C=O) groups is 1. The van der Waals surface area contributed by atoms with Crippen LogP contribution in [0.2, 0.25) is 0 Å². The van der Waals surface area contributed by atoms with E-state index < -0.39 is 5.60 Å². The number of rotatable bonds is 5. The van der Waals surface area contributed by atoms with Crippen molar-refractivity contribution in [3.63, 3.8) is 0 Å². The van der Waals surface area contributed by atoms with Gasteiger partial charge in [0.15, 0.2) is 0 Å². The van der Waals surface area contributed by atoms with E-state index in [0.717, 1.165) is 30.5 Å². The molecule has 2 aliphatic rings. The third-order valence-electron chi connectivity index (χ3n) is 5.05. The standard InChI is InChI=1S/C18H32BrNO3/c1-5-15(14-7-6-8-14)22-18(13-19)9-11-20(12-10-18)16(21)23-17(2,3)4/h14-15H,5-13H2,1-4H3. The van der Waals surface area contributed by atoms with Gasteiger partial charge in [0.1, 0.15) is 5.60 Å². The molecule has 0 N–H and O–H groups in total. The van der Waals surface area contributed by atoms with Gasteiger partial charge in [-0.1, -0.05) is 29.3 Å². The molecule has 1 aliphatic carbocycles. The molecule has 0 aromatic carbocycles. The Morgan fingerprint density at radius 1 is 1.30 bits per heavy atom. The molecule has 0 bridgehead atoms. The van der Waals surface area contributed by atoms with Crippen LogP contribution in [0.1, 0.15) is 66.2 Å². The van der Waals surface area contributed by atoms with E-state index in [1.165, 1.54) is 19.3 Å². The fourth-order valence-electron chi connectivity index (χ4n) is 3.35. The second-order valence-corrected chi connectivity index (χ2v) is 8.60. The Balaban J connectivity index is 1.89. The van der Waals surface area contributed by atoms with Crippen LogP contribution in [0.5, 0.6) is 0 Å². The van der Waals surface area contributed by atoms with Gasteiger partial charge in [-0.05, 0) is 58.8 Å². The summed E-state index contributed by atoms with van der Waals surface area (Å²) < 4.78 is 12.1. The number of halogens is 1. The molecule has 1 aliphatic heterocycles. The minimum Gasteiger partial charge on any atom is -0.444 e. The lowest BCUT2D eigenvalue weighted by molar-refractivity contribution is -0.136. The first-order valence-electron chi connectivity index (χ1n) is 9.00. The second-order valence-electron chi connectivity index (χ2n) is 8.04. The Labute approximate surface area is 149 Å². The lowest BCUT2D eigenvalue weighted by Gasteiger charge is -2.45. The van der Waals surface area contributed by atoms with Crippen LogP contribution in [0.4, 0.5) is 4.79 Å². The van der Waals surface area contributed by atoms with E-state index in [4.69, 9.17) is 9.47 Å². The van der Waals surface area contributed by atoms with Crippen molar-refractivity contribution in [3.8, 4) is 0 Å². The van der Waals surface area contributed by atoms with Crippen LogP contribution >= 0.6 is 15.9 Å². The van der Waals surface area contributed by atoms with Crippen LogP contribution in [-0.4, -0.2) is 46.7 Å². The van der Waals surface area contributed by atoms with Crippen LogP contribution in [0.3, 0.4) is 0 Å². The van der Waals surface area contributed by atoms with E-state index in [2.05, 4.69) is 22.9 Å². The van der Waals surface area contributed by atoms with Crippen LogP contribution in [0, 0.1) is 5.92 Å². The lowest BCUT2D eigenvalue weighted by Crippen LogP contribution is -2.52. The SMILES string of the molecule is CCC(OC1(CBr)CCN(C(=O)OC(C)(C)C)CC1)C1CCC1. The van der Waals surface area contributed by atoms with Crippen molar-refractivity contribution >= 4 is 22.0 Å². The topological polar surface area (TPSA) is 38.8 Å². The molecule has 5 heteroatoms. The number of alkyl halides is 1. The van der Waals surface area contributed by atoms with Crippen LogP contribution in [0.25, 0.3) is 0 Å². The largest absolute Gasteiger partial charge is 0.444 e. The molecule has 1 saturated carbocycles. The average molecular weight is 390 g/mol. The molecule has 23 heavy (non-hydrogen) atoms. The van der Waals surface area contributed by atoms with E-state index >= 15 is 0 Å². The summed E-state index contributed by atoms with van der Waals surface area (Å²) in [7, 11) is 0. The van der Waals surface area contributed by atoms with E-state index in [1.807, 2.05) is 25.7 Å². The molecule has 4 nitrogen and oxygen atoms in total. The molecule has 1 unspecified atom stereocenters. The second kappa shape index (κ2) is 7.73. The highest BCUT2D eigenvalue weighted by atomic mass is 79.9. The van der Waals surface area contributed by atoms with Gasteiger partial charge in [-0.15, -0.1) is 0 Å². The molecule has 134 valence electrons. The van der Waals surface area contributed by atoms with Gasteiger partial charge in [-0.2, -0.15) is 0 Å². The molecular weight excluding hydrogens is 358 g/mol. The maximum atomic E-state index is 12.2. The smallest absolute Gasteiger partial charge is 0.410 e. The molecular formula is C18H32BrNO3. The molecule has 0 aromatic rings. The number of nitrogens with zero attached hydrogens (tertiary/aromatic N) is 1. The number of hydrogen-bond donors (Lipinski definition) is 0. The number of carbonyl (C=O) groups excluding carboxylic acids is 1. The molecule has 0 aromatic heterocycles. The van der Waals surface area contributed by atoms with Crippen molar-refractivity contribution < 1.29 is 14.3 Å². The predicted molar refractivity (Wildman–Crippen MR) is 96.1 cm³/mol. The predicted octanol–water partition coefficient (Wildman–Crippen LogP) is 4.75. The third-order valence-corrected chi connectivity index (χ3v) is 6.07. The Hall–Kier alpha value is -0.290. The summed E-state index contributed by atoms with van der Waals surface area (Å²) in [5.74, 6) is 0.736. The quantitative estimate of drug-likeness (QED) is 0.636. The molecule has 1 heterocycles. The van der Waals surface area contributed by atoms with E-state index in [1.54, 1.807) is 0 Å². The number of piperidine rings is 1. The van der Waals surface area contributed by atoms with Crippen LogP contribution in [0.15, 0.2) is 0 Å². The molecule has 0 radical (unpaired) electrons. The van der Waals surface area contributed by atoms with Crippen molar-refractivity contribution in [3.05, 3.63) is 0 Å². The Morgan fingerprint density at radius 2 is 1.91 bits per heavy atom. The maximum absolute atomic E-state index is 12.2. The van der Waals surface area contributed by atoms with E-state index in [9.17, 15) is 4.79 Å². The Kier molecular flexibility index (Phi) is 6.40. The molecule has 1 saturated heterocycles. The summed E-state index contributed by atoms with van der Waals surface area (Å²) in [4.78, 5) is 14.0. The highest BCUT2D eigenvalue weighted by Crippen LogP contribution is 2.38. The fraction of sp³-hybridized carbons (Fsp3) is 0.944. The van der Waals surface area contributed by atoms with Crippen LogP contribution < -0.4 is 0 Å². The summed E-state index contributed by atoms with van der Waals surface area (Å²) in [6.07, 6.45) is 6.96. The lowest BCUT2D eigenvalue weighted by atomic mass is 9.79. The zero-order valence-corrected chi connectivity index (χ0v) is 16.7. The summed E-state index contributed by atoms with van der Waals surface area (Å²) in [5.41, 5.74) is -0.566. The first kappa shape index (κ1) is 19.0. The third kappa shape index (κ3) is 5.09. The Bertz CT molecular complexity index is 396. The Morgan fingerprint density at radius 3 is 2.30 bits per heavy atom. The monoisotopic (exact) mass is 389 g/mol. The van der Waals surface area contributed by atoms with E-state index in [0.29, 0.717) is 19.2 Å². The molecule has 0 spiro atoms. The van der Waals surface area contributed by atoms with Gasteiger partial charge in [0.25, 0.3) is 0 Å². The zero-order valence-electron chi connectivity index (χ0n) is 15.1. The van der Waals surface area contributed by atoms with Gasteiger partial charge in [0.05, 0.1) is 11.7 Å². The number of amides is 1. The van der Waals surface area contributed by atoms with Gasteiger partial charge >= 0.3 is 6.09 Å². The van der Waals surface area contributed by atoms with Gasteiger partial charge < -0.3 is 14.4 Å². The molecule has 1 amide bonds. The number of ether oxygens (including phenoxy) is 2. The average Bonchev–Trinajstić information content (AvgIpc) is 2.43. The van der Waals surface area contributed by atoms with Crippen molar-refractivity contribution in [2.45, 2.75) is 83.5 Å². The normalized spacial score (nSPS) is 23.3. The number of likely N-dealkylation sites (tertiary alicyclic amines) is 1. The number of hydrogen-bond acceptors (Lipinski definition) is 3. The minimum absolute atomic E-state index is 0.130. The first-order valence-corrected chi connectivity index (χ1v) is 10.1. The van der Waals surface area contributed by atoms with Crippen LogP contribution in [-0.2, 0) is 9.47 Å². The van der Waals surface area contributed by atoms with Crippen molar-refractivity contribution in [2.75, 3.05) is 18.4 Å². The maximum Gasteiger partial charge on any atom is 0.410 e. The zero-order chi connectivity index (χ0) is 17.1.